The van der Waals surface area contributed by atoms with Crippen LogP contribution in [0.5, 0.6) is 0 Å². The van der Waals surface area contributed by atoms with Crippen LogP contribution in [0.3, 0.4) is 0 Å². The number of carboxylic acid groups (broad SMARTS) is 2. The van der Waals surface area contributed by atoms with Crippen molar-refractivity contribution >= 4 is 23.3 Å². The summed E-state index contributed by atoms with van der Waals surface area (Å²) in [6, 6.07) is 4.45. The smallest absolute Gasteiger partial charge is 0.475 e. The van der Waals surface area contributed by atoms with Crippen LogP contribution in [-0.4, -0.2) is 80.8 Å². The highest BCUT2D eigenvalue weighted by atomic mass is 32.1. The summed E-state index contributed by atoms with van der Waals surface area (Å²) in [7, 11) is 0. The molecule has 37 heavy (non-hydrogen) atoms. The van der Waals surface area contributed by atoms with E-state index < -0.39 is 24.3 Å². The average molecular weight is 559 g/mol. The molecule has 2 aromatic rings. The van der Waals surface area contributed by atoms with Crippen molar-refractivity contribution in [3.05, 3.63) is 46.7 Å². The quantitative estimate of drug-likeness (QED) is 0.528. The number of ether oxygens (including phenoxy) is 2. The molecule has 2 aromatic heterocycles. The van der Waals surface area contributed by atoms with E-state index in [1.165, 1.54) is 11.4 Å². The Morgan fingerprint density at radius 1 is 1.14 bits per heavy atom. The van der Waals surface area contributed by atoms with Crippen LogP contribution in [-0.2, 0) is 32.2 Å². The van der Waals surface area contributed by atoms with Gasteiger partial charge in [0, 0.05) is 43.2 Å². The zero-order chi connectivity index (χ0) is 27.6. The van der Waals surface area contributed by atoms with Crippen LogP contribution in [0.1, 0.15) is 23.4 Å². The first-order valence-corrected chi connectivity index (χ1v) is 11.5. The summed E-state index contributed by atoms with van der Waals surface area (Å²) in [5, 5.41) is 17.5. The SMILES string of the molecule is O=C(O)C(F)(F)F.O=C(O)C(F)(F)F.c1cncc(CO[C@@H]2CN(Cc3nccs3)[C@H]3CCCO[C@H]23)c1. The number of thiazole rings is 1. The minimum Gasteiger partial charge on any atom is -0.475 e. The largest absolute Gasteiger partial charge is 0.490 e. The number of alkyl halides is 6. The predicted molar refractivity (Wildman–Crippen MR) is 115 cm³/mol. The summed E-state index contributed by atoms with van der Waals surface area (Å²) >= 11 is 1.72. The van der Waals surface area contributed by atoms with Crippen molar-refractivity contribution in [3.8, 4) is 0 Å². The molecule has 0 radical (unpaired) electrons. The van der Waals surface area contributed by atoms with Crippen LogP contribution in [0.2, 0.25) is 0 Å². The Morgan fingerprint density at radius 2 is 1.78 bits per heavy atom. The summed E-state index contributed by atoms with van der Waals surface area (Å²) < 4.78 is 75.7. The molecule has 4 heterocycles. The third-order valence-electron chi connectivity index (χ3n) is 5.08. The van der Waals surface area contributed by atoms with E-state index in [0.717, 1.165) is 31.7 Å². The molecule has 2 aliphatic heterocycles. The predicted octanol–water partition coefficient (Wildman–Crippen LogP) is 3.75. The lowest BCUT2D eigenvalue weighted by atomic mass is 10.0. The number of nitrogens with zero attached hydrogens (tertiary/aromatic N) is 3. The molecule has 2 N–H and O–H groups in total. The number of carbonyl (C=O) groups is 2. The van der Waals surface area contributed by atoms with Crippen LogP contribution in [0.25, 0.3) is 0 Å². The summed E-state index contributed by atoms with van der Waals surface area (Å²) in [6.45, 7) is 3.25. The first-order valence-electron chi connectivity index (χ1n) is 10.6. The van der Waals surface area contributed by atoms with E-state index >= 15 is 0 Å². The Kier molecular flexibility index (Phi) is 11.2. The van der Waals surface area contributed by atoms with Gasteiger partial charge >= 0.3 is 24.3 Å². The zero-order valence-electron chi connectivity index (χ0n) is 19.0. The molecule has 0 unspecified atom stereocenters. The van der Waals surface area contributed by atoms with Gasteiger partial charge in [-0.25, -0.2) is 14.6 Å². The number of halogens is 6. The van der Waals surface area contributed by atoms with E-state index in [-0.39, 0.29) is 12.2 Å². The molecule has 3 atom stereocenters. The van der Waals surface area contributed by atoms with Gasteiger partial charge in [0.1, 0.15) is 11.1 Å². The van der Waals surface area contributed by atoms with E-state index in [1.807, 2.05) is 23.8 Å². The molecular formula is C21H23F6N3O6S. The fourth-order valence-electron chi connectivity index (χ4n) is 3.52. The highest BCUT2D eigenvalue weighted by Crippen LogP contribution is 2.32. The second-order valence-corrected chi connectivity index (χ2v) is 8.70. The molecule has 4 rings (SSSR count). The van der Waals surface area contributed by atoms with E-state index in [9.17, 15) is 26.3 Å². The molecule has 2 fully saturated rings. The average Bonchev–Trinajstić information content (AvgIpc) is 3.46. The fourth-order valence-corrected chi connectivity index (χ4v) is 4.16. The van der Waals surface area contributed by atoms with E-state index in [0.29, 0.717) is 12.6 Å². The lowest BCUT2D eigenvalue weighted by molar-refractivity contribution is -0.193. The van der Waals surface area contributed by atoms with Crippen LogP contribution < -0.4 is 0 Å². The van der Waals surface area contributed by atoms with Crippen molar-refractivity contribution in [2.45, 2.75) is 56.6 Å². The van der Waals surface area contributed by atoms with Gasteiger partial charge in [-0.3, -0.25) is 9.88 Å². The van der Waals surface area contributed by atoms with Gasteiger partial charge in [0.2, 0.25) is 0 Å². The third kappa shape index (κ3) is 10.2. The highest BCUT2D eigenvalue weighted by Gasteiger charge is 2.44. The van der Waals surface area contributed by atoms with Gasteiger partial charge in [0.25, 0.3) is 0 Å². The maximum Gasteiger partial charge on any atom is 0.490 e. The fraction of sp³-hybridized carbons (Fsp3) is 0.524. The standard InChI is InChI=1S/C17H21N3O2S.2C2HF3O2/c1-3-13(9-18-5-1)12-22-15-10-20(11-16-19-6-8-23-16)14-4-2-7-21-17(14)15;2*3-2(4,5)1(6)7/h1,3,5-6,8-9,14-15,17H,2,4,7,10-12H2;2*(H,6,7)/t14-,15+,17-;;/m0../s1. The monoisotopic (exact) mass is 559 g/mol. The third-order valence-corrected chi connectivity index (χ3v) is 5.84. The number of aromatic nitrogens is 2. The Balaban J connectivity index is 0.000000286. The Bertz CT molecular complexity index is 953. The summed E-state index contributed by atoms with van der Waals surface area (Å²) in [5.41, 5.74) is 1.11. The molecule has 0 aromatic carbocycles. The number of likely N-dealkylation sites (tertiary alicyclic amines) is 1. The number of aliphatic carboxylic acids is 2. The molecule has 2 saturated heterocycles. The summed E-state index contributed by atoms with van der Waals surface area (Å²) in [5.74, 6) is -5.51. The minimum atomic E-state index is -5.08. The minimum absolute atomic E-state index is 0.125. The molecule has 0 amide bonds. The maximum absolute atomic E-state index is 10.6. The van der Waals surface area contributed by atoms with Crippen molar-refractivity contribution in [2.75, 3.05) is 13.2 Å². The normalized spacial score (nSPS) is 21.6. The van der Waals surface area contributed by atoms with Crippen molar-refractivity contribution in [2.24, 2.45) is 0 Å². The van der Waals surface area contributed by atoms with Crippen molar-refractivity contribution < 1.29 is 55.6 Å². The van der Waals surface area contributed by atoms with Gasteiger partial charge in [-0.15, -0.1) is 11.3 Å². The highest BCUT2D eigenvalue weighted by molar-refractivity contribution is 7.09. The maximum atomic E-state index is 10.6. The van der Waals surface area contributed by atoms with Gasteiger partial charge < -0.3 is 19.7 Å². The van der Waals surface area contributed by atoms with Crippen LogP contribution in [0.15, 0.2) is 36.1 Å². The molecule has 0 spiro atoms. The number of hydrogen-bond acceptors (Lipinski definition) is 8. The lowest BCUT2D eigenvalue weighted by Crippen LogP contribution is -2.41. The molecule has 16 heteroatoms. The van der Waals surface area contributed by atoms with Gasteiger partial charge in [-0.1, -0.05) is 6.07 Å². The van der Waals surface area contributed by atoms with Gasteiger partial charge in [-0.2, -0.15) is 26.3 Å². The molecule has 0 aliphatic carbocycles. The van der Waals surface area contributed by atoms with Crippen LogP contribution in [0, 0.1) is 0 Å². The Hall–Kier alpha value is -2.82. The summed E-state index contributed by atoms with van der Waals surface area (Å²) in [6.07, 6.45) is -2.02. The number of fused-ring (bicyclic) bond motifs is 1. The van der Waals surface area contributed by atoms with Gasteiger partial charge in [0.15, 0.2) is 0 Å². The van der Waals surface area contributed by atoms with E-state index in [1.54, 1.807) is 17.5 Å². The zero-order valence-corrected chi connectivity index (χ0v) is 19.8. The number of carboxylic acids is 2. The number of rotatable bonds is 5. The van der Waals surface area contributed by atoms with E-state index in [2.05, 4.69) is 20.9 Å². The van der Waals surface area contributed by atoms with Crippen LogP contribution in [0.4, 0.5) is 26.3 Å². The second-order valence-electron chi connectivity index (χ2n) is 7.72. The molecule has 9 nitrogen and oxygen atoms in total. The molecule has 0 bridgehead atoms. The number of pyridine rings is 1. The van der Waals surface area contributed by atoms with Crippen LogP contribution >= 0.6 is 11.3 Å². The second kappa shape index (κ2) is 13.6. The van der Waals surface area contributed by atoms with Crippen molar-refractivity contribution in [1.29, 1.82) is 0 Å². The number of hydrogen-bond donors (Lipinski definition) is 2. The molecule has 0 saturated carbocycles. The molecular weight excluding hydrogens is 536 g/mol. The van der Waals surface area contributed by atoms with Gasteiger partial charge in [0.05, 0.1) is 19.3 Å². The Labute approximate surface area is 210 Å². The molecule has 206 valence electrons. The Morgan fingerprint density at radius 3 is 2.30 bits per heavy atom. The molecule has 2 aliphatic rings. The van der Waals surface area contributed by atoms with E-state index in [4.69, 9.17) is 29.3 Å². The topological polar surface area (TPSA) is 122 Å². The van der Waals surface area contributed by atoms with Crippen molar-refractivity contribution in [1.82, 2.24) is 14.9 Å². The van der Waals surface area contributed by atoms with Gasteiger partial charge in [-0.05, 0) is 24.5 Å². The first kappa shape index (κ1) is 30.4. The first-order chi connectivity index (χ1) is 17.3. The summed E-state index contributed by atoms with van der Waals surface area (Å²) in [4.78, 5) is 28.8. The lowest BCUT2D eigenvalue weighted by Gasteiger charge is -2.32. The van der Waals surface area contributed by atoms with Crippen molar-refractivity contribution in [3.63, 3.8) is 0 Å².